The van der Waals surface area contributed by atoms with E-state index in [4.69, 9.17) is 10.8 Å². The van der Waals surface area contributed by atoms with Crippen LogP contribution in [0.15, 0.2) is 23.7 Å². The van der Waals surface area contributed by atoms with Crippen molar-refractivity contribution < 1.29 is 14.7 Å². The number of aliphatic carboxylic acids is 1. The van der Waals surface area contributed by atoms with Gasteiger partial charge in [-0.1, -0.05) is 13.3 Å². The Kier molecular flexibility index (Phi) is 5.94. The molecule has 5 rings (SSSR count). The maximum Gasteiger partial charge on any atom is 0.309 e. The number of nitrogens with one attached hydrogen (secondary N) is 1. The number of pyridine rings is 1. The van der Waals surface area contributed by atoms with E-state index in [9.17, 15) is 14.7 Å². The second kappa shape index (κ2) is 8.87. The molecule has 0 saturated heterocycles. The summed E-state index contributed by atoms with van der Waals surface area (Å²) in [6.07, 6.45) is 3.92. The van der Waals surface area contributed by atoms with Crippen molar-refractivity contribution in [2.75, 3.05) is 11.1 Å². The first-order valence-corrected chi connectivity index (χ1v) is 12.9. The van der Waals surface area contributed by atoms with Crippen LogP contribution in [0.4, 0.5) is 11.6 Å². The highest BCUT2D eigenvalue weighted by Crippen LogP contribution is 2.46. The molecule has 1 amide bonds. The van der Waals surface area contributed by atoms with Crippen molar-refractivity contribution in [3.8, 4) is 11.5 Å². The van der Waals surface area contributed by atoms with Gasteiger partial charge in [-0.05, 0) is 39.3 Å². The third-order valence-corrected chi connectivity index (χ3v) is 7.86. The molecular formula is C25H28N8O3S. The highest BCUT2D eigenvalue weighted by atomic mass is 32.1. The van der Waals surface area contributed by atoms with E-state index in [0.717, 1.165) is 23.9 Å². The molecule has 0 saturated carbocycles. The van der Waals surface area contributed by atoms with E-state index < -0.39 is 16.8 Å². The van der Waals surface area contributed by atoms with Crippen LogP contribution in [-0.4, -0.2) is 46.7 Å². The number of nitrogen functional groups attached to an aromatic ring is 1. The number of nitrogens with zero attached hydrogens (tertiary/aromatic N) is 6. The number of carboxylic acids is 1. The Bertz CT molecular complexity index is 1540. The monoisotopic (exact) mass is 520 g/mol. The largest absolute Gasteiger partial charge is 0.481 e. The SMILES string of the molecule is CCCCn1nc(-c2nc(N)c3c(n2)NC(=O)[C@]3(C)c2nc(CC(C)(C)C(=O)O)cs2)c2cccnc21. The molecule has 4 aromatic heterocycles. The number of nitrogens with two attached hydrogens (primary N) is 1. The Labute approximate surface area is 217 Å². The molecule has 0 fully saturated rings. The zero-order valence-electron chi connectivity index (χ0n) is 21.1. The molecule has 11 nitrogen and oxygen atoms in total. The number of aryl methyl sites for hydroxylation is 1. The quantitative estimate of drug-likeness (QED) is 0.315. The van der Waals surface area contributed by atoms with Gasteiger partial charge in [0.1, 0.15) is 27.8 Å². The van der Waals surface area contributed by atoms with Crippen LogP contribution in [0.2, 0.25) is 0 Å². The average Bonchev–Trinajstić information content (AvgIpc) is 3.53. The van der Waals surface area contributed by atoms with E-state index in [-0.39, 0.29) is 18.1 Å². The fourth-order valence-corrected chi connectivity index (χ4v) is 5.49. The Morgan fingerprint density at radius 1 is 1.30 bits per heavy atom. The molecule has 4 aromatic rings. The first-order valence-electron chi connectivity index (χ1n) is 12.1. The van der Waals surface area contributed by atoms with Crippen molar-refractivity contribution in [1.29, 1.82) is 0 Å². The summed E-state index contributed by atoms with van der Waals surface area (Å²) in [6, 6.07) is 3.75. The lowest BCUT2D eigenvalue weighted by molar-refractivity contribution is -0.146. The first kappa shape index (κ1) is 24.8. The third kappa shape index (κ3) is 4.01. The molecule has 1 atom stereocenters. The number of hydrogen-bond acceptors (Lipinski definition) is 9. The summed E-state index contributed by atoms with van der Waals surface area (Å²) in [5, 5.41) is 20.1. The van der Waals surface area contributed by atoms with Gasteiger partial charge in [-0.15, -0.1) is 11.3 Å². The number of amides is 1. The lowest BCUT2D eigenvalue weighted by atomic mass is 9.85. The van der Waals surface area contributed by atoms with Gasteiger partial charge in [0.05, 0.1) is 22.1 Å². The van der Waals surface area contributed by atoms with Gasteiger partial charge < -0.3 is 16.2 Å². The number of carbonyl (C=O) groups excluding carboxylic acids is 1. The molecule has 0 spiro atoms. The van der Waals surface area contributed by atoms with Gasteiger partial charge in [0.25, 0.3) is 0 Å². The number of carbonyl (C=O) groups is 2. The van der Waals surface area contributed by atoms with E-state index >= 15 is 0 Å². The van der Waals surface area contributed by atoms with E-state index in [0.29, 0.717) is 40.1 Å². The molecule has 12 heteroatoms. The summed E-state index contributed by atoms with van der Waals surface area (Å²) in [5.74, 6) is -0.459. The summed E-state index contributed by atoms with van der Waals surface area (Å²) >= 11 is 1.29. The Hall–Kier alpha value is -3.93. The van der Waals surface area contributed by atoms with Crippen LogP contribution in [0.3, 0.4) is 0 Å². The summed E-state index contributed by atoms with van der Waals surface area (Å²) in [5.41, 5.74) is 6.61. The Balaban J connectivity index is 1.56. The Morgan fingerprint density at radius 3 is 2.81 bits per heavy atom. The van der Waals surface area contributed by atoms with Gasteiger partial charge in [-0.25, -0.2) is 24.6 Å². The van der Waals surface area contributed by atoms with Gasteiger partial charge in [-0.2, -0.15) is 5.10 Å². The molecule has 1 aliphatic rings. The van der Waals surface area contributed by atoms with Crippen LogP contribution in [0.5, 0.6) is 0 Å². The number of aromatic nitrogens is 6. The van der Waals surface area contributed by atoms with E-state index in [2.05, 4.69) is 32.2 Å². The van der Waals surface area contributed by atoms with Gasteiger partial charge in [0.2, 0.25) is 5.91 Å². The summed E-state index contributed by atoms with van der Waals surface area (Å²) in [6.45, 7) is 7.84. The fourth-order valence-electron chi connectivity index (χ4n) is 4.50. The minimum absolute atomic E-state index is 0.156. The zero-order valence-corrected chi connectivity index (χ0v) is 21.9. The molecule has 192 valence electrons. The van der Waals surface area contributed by atoms with Crippen molar-refractivity contribution in [3.05, 3.63) is 40.0 Å². The maximum atomic E-state index is 13.3. The summed E-state index contributed by atoms with van der Waals surface area (Å²) in [7, 11) is 0. The molecule has 0 aromatic carbocycles. The third-order valence-electron chi connectivity index (χ3n) is 6.75. The highest BCUT2D eigenvalue weighted by Gasteiger charge is 2.50. The minimum Gasteiger partial charge on any atom is -0.481 e. The first-order chi connectivity index (χ1) is 17.6. The van der Waals surface area contributed by atoms with Crippen molar-refractivity contribution in [1.82, 2.24) is 29.7 Å². The van der Waals surface area contributed by atoms with Gasteiger partial charge in [-0.3, -0.25) is 9.59 Å². The Morgan fingerprint density at radius 2 is 2.08 bits per heavy atom. The topological polar surface area (TPSA) is 162 Å². The standard InChI is InChI=1S/C25H28N8O3S/c1-5-6-10-33-20-14(8-7-9-27-20)16(32-33)19-29-17(26)15-18(30-19)31-21(34)25(15,4)22-28-13(12-37-22)11-24(2,3)23(35)36/h7-9,12H,5-6,10-11H2,1-4H3,(H,35,36)(H3,26,29,30,31,34)/t25-/m1/s1. The summed E-state index contributed by atoms with van der Waals surface area (Å²) < 4.78 is 1.85. The number of anilines is 2. The maximum absolute atomic E-state index is 13.3. The molecule has 0 aliphatic carbocycles. The van der Waals surface area contributed by atoms with Crippen molar-refractivity contribution in [2.45, 2.75) is 58.9 Å². The van der Waals surface area contributed by atoms with Crippen molar-refractivity contribution in [2.24, 2.45) is 5.41 Å². The predicted molar refractivity (Wildman–Crippen MR) is 140 cm³/mol. The second-order valence-corrected chi connectivity index (χ2v) is 10.9. The molecule has 1 aliphatic heterocycles. The average molecular weight is 521 g/mol. The van der Waals surface area contributed by atoms with E-state index in [1.165, 1.54) is 11.3 Å². The summed E-state index contributed by atoms with van der Waals surface area (Å²) in [4.78, 5) is 43.2. The molecule has 37 heavy (non-hydrogen) atoms. The lowest BCUT2D eigenvalue weighted by Gasteiger charge is -2.20. The lowest BCUT2D eigenvalue weighted by Crippen LogP contribution is -2.33. The van der Waals surface area contributed by atoms with Crippen LogP contribution in [0.1, 0.15) is 56.8 Å². The number of hydrogen-bond donors (Lipinski definition) is 3. The van der Waals surface area contributed by atoms with Crippen molar-refractivity contribution >= 4 is 45.9 Å². The van der Waals surface area contributed by atoms with Crippen LogP contribution in [0.25, 0.3) is 22.6 Å². The van der Waals surface area contributed by atoms with Crippen LogP contribution in [-0.2, 0) is 28.0 Å². The van der Waals surface area contributed by atoms with Crippen LogP contribution in [0, 0.1) is 5.41 Å². The van der Waals surface area contributed by atoms with Crippen LogP contribution >= 0.6 is 11.3 Å². The normalized spacial score (nSPS) is 17.2. The molecular weight excluding hydrogens is 492 g/mol. The molecule has 0 radical (unpaired) electrons. The number of carboxylic acid groups (broad SMARTS) is 1. The molecule has 5 heterocycles. The smallest absolute Gasteiger partial charge is 0.309 e. The van der Waals surface area contributed by atoms with E-state index in [1.54, 1.807) is 32.3 Å². The van der Waals surface area contributed by atoms with E-state index in [1.807, 2.05) is 16.8 Å². The zero-order chi connectivity index (χ0) is 26.5. The number of fused-ring (bicyclic) bond motifs is 2. The van der Waals surface area contributed by atoms with Crippen molar-refractivity contribution in [3.63, 3.8) is 0 Å². The van der Waals surface area contributed by atoms with Gasteiger partial charge in [0, 0.05) is 24.5 Å². The minimum atomic E-state index is -1.21. The van der Waals surface area contributed by atoms with Crippen LogP contribution < -0.4 is 11.1 Å². The fraction of sp³-hybridized carbons (Fsp3) is 0.400. The van der Waals surface area contributed by atoms with Gasteiger partial charge in [0.15, 0.2) is 11.5 Å². The highest BCUT2D eigenvalue weighted by molar-refractivity contribution is 7.10. The van der Waals surface area contributed by atoms with Gasteiger partial charge >= 0.3 is 5.97 Å². The molecule has 0 unspecified atom stereocenters. The predicted octanol–water partition coefficient (Wildman–Crippen LogP) is 3.64. The molecule has 0 bridgehead atoms. The number of rotatable bonds is 8. The molecule has 4 N–H and O–H groups in total. The number of thiazole rings is 1. The number of unbranched alkanes of at least 4 members (excludes halogenated alkanes) is 1. The second-order valence-electron chi connectivity index (χ2n) is 10.0.